The second-order valence-electron chi connectivity index (χ2n) is 6.88. The molecule has 0 aliphatic carbocycles. The highest BCUT2D eigenvalue weighted by Crippen LogP contribution is 2.25. The van der Waals surface area contributed by atoms with E-state index >= 15 is 0 Å². The summed E-state index contributed by atoms with van der Waals surface area (Å²) in [6.07, 6.45) is 4.61. The predicted molar refractivity (Wildman–Crippen MR) is 84.1 cm³/mol. The Morgan fingerprint density at radius 1 is 1.20 bits per heavy atom. The van der Waals surface area contributed by atoms with Crippen molar-refractivity contribution >= 4 is 5.91 Å². The molecule has 0 radical (unpaired) electrons. The smallest absolute Gasteiger partial charge is 0.254 e. The first-order chi connectivity index (χ1) is 9.43. The third kappa shape index (κ3) is 3.23. The van der Waals surface area contributed by atoms with E-state index in [9.17, 15) is 4.79 Å². The second-order valence-corrected chi connectivity index (χ2v) is 6.88. The average Bonchev–Trinajstić information content (AvgIpc) is 2.45. The van der Waals surface area contributed by atoms with Crippen molar-refractivity contribution in [2.75, 3.05) is 6.54 Å². The van der Waals surface area contributed by atoms with Crippen LogP contribution in [0, 0.1) is 0 Å². The van der Waals surface area contributed by atoms with E-state index in [1.807, 2.05) is 12.1 Å². The van der Waals surface area contributed by atoms with Crippen LogP contribution in [0.2, 0.25) is 0 Å². The maximum absolute atomic E-state index is 12.7. The van der Waals surface area contributed by atoms with Crippen molar-refractivity contribution in [2.24, 2.45) is 0 Å². The molecule has 2 heteroatoms. The van der Waals surface area contributed by atoms with Crippen LogP contribution >= 0.6 is 0 Å². The molecule has 0 N–H and O–H groups in total. The Morgan fingerprint density at radius 3 is 2.40 bits per heavy atom. The molecule has 0 saturated carbocycles. The number of hydrogen-bond acceptors (Lipinski definition) is 1. The van der Waals surface area contributed by atoms with Gasteiger partial charge in [-0.05, 0) is 48.8 Å². The van der Waals surface area contributed by atoms with Crippen molar-refractivity contribution < 1.29 is 4.79 Å². The van der Waals surface area contributed by atoms with Gasteiger partial charge in [0.2, 0.25) is 0 Å². The number of carbonyl (C=O) groups excluding carboxylic acids is 1. The maximum atomic E-state index is 12.7. The molecule has 0 aromatic heterocycles. The Hall–Kier alpha value is -1.31. The van der Waals surface area contributed by atoms with Crippen molar-refractivity contribution in [3.63, 3.8) is 0 Å². The Bertz CT molecular complexity index is 455. The number of rotatable bonds is 2. The Kier molecular flexibility index (Phi) is 4.52. The van der Waals surface area contributed by atoms with E-state index in [1.54, 1.807) is 0 Å². The molecule has 1 aromatic rings. The molecule has 1 saturated heterocycles. The standard InChI is InChI=1S/C18H27NO/c1-5-16-8-6-7-13-19(16)17(20)14-9-11-15(12-10-14)18(2,3)4/h9-12,16H,5-8,13H2,1-4H3/t16-/m1/s1. The van der Waals surface area contributed by atoms with Gasteiger partial charge in [0.25, 0.3) is 5.91 Å². The topological polar surface area (TPSA) is 20.3 Å². The highest BCUT2D eigenvalue weighted by Gasteiger charge is 2.26. The average molecular weight is 273 g/mol. The summed E-state index contributed by atoms with van der Waals surface area (Å²) < 4.78 is 0. The molecular weight excluding hydrogens is 246 g/mol. The van der Waals surface area contributed by atoms with Crippen molar-refractivity contribution in [1.82, 2.24) is 4.90 Å². The lowest BCUT2D eigenvalue weighted by Gasteiger charge is -2.35. The highest BCUT2D eigenvalue weighted by atomic mass is 16.2. The van der Waals surface area contributed by atoms with Crippen LogP contribution in [-0.2, 0) is 5.41 Å². The molecule has 1 atom stereocenters. The quantitative estimate of drug-likeness (QED) is 0.782. The van der Waals surface area contributed by atoms with Gasteiger partial charge in [0, 0.05) is 18.2 Å². The SMILES string of the molecule is CC[C@@H]1CCCCN1C(=O)c1ccc(C(C)(C)C)cc1. The molecule has 20 heavy (non-hydrogen) atoms. The monoisotopic (exact) mass is 273 g/mol. The fraction of sp³-hybridized carbons (Fsp3) is 0.611. The van der Waals surface area contributed by atoms with E-state index in [0.29, 0.717) is 6.04 Å². The molecule has 110 valence electrons. The number of benzene rings is 1. The van der Waals surface area contributed by atoms with Gasteiger partial charge in [-0.2, -0.15) is 0 Å². The van der Waals surface area contributed by atoms with Gasteiger partial charge in [-0.1, -0.05) is 39.8 Å². The number of carbonyl (C=O) groups is 1. The fourth-order valence-corrected chi connectivity index (χ4v) is 2.97. The molecule has 1 amide bonds. The molecule has 1 aromatic carbocycles. The minimum absolute atomic E-state index is 0.138. The first-order valence-electron chi connectivity index (χ1n) is 7.85. The largest absolute Gasteiger partial charge is 0.336 e. The molecular formula is C18H27NO. The van der Waals surface area contributed by atoms with Gasteiger partial charge in [-0.25, -0.2) is 0 Å². The summed E-state index contributed by atoms with van der Waals surface area (Å²) in [5.74, 6) is 0.206. The zero-order valence-electron chi connectivity index (χ0n) is 13.3. The lowest BCUT2D eigenvalue weighted by Crippen LogP contribution is -2.43. The molecule has 1 aliphatic heterocycles. The first-order valence-corrected chi connectivity index (χ1v) is 7.85. The summed E-state index contributed by atoms with van der Waals surface area (Å²) in [6, 6.07) is 8.60. The normalized spacial score (nSPS) is 20.0. The highest BCUT2D eigenvalue weighted by molar-refractivity contribution is 5.94. The molecule has 2 rings (SSSR count). The molecule has 0 bridgehead atoms. The summed E-state index contributed by atoms with van der Waals surface area (Å²) in [4.78, 5) is 14.7. The van der Waals surface area contributed by atoms with E-state index in [4.69, 9.17) is 0 Å². The van der Waals surface area contributed by atoms with Gasteiger partial charge in [-0.15, -0.1) is 0 Å². The lowest BCUT2D eigenvalue weighted by atomic mass is 9.86. The Labute approximate surface area is 123 Å². The van der Waals surface area contributed by atoms with E-state index in [1.165, 1.54) is 12.0 Å². The van der Waals surface area contributed by atoms with E-state index in [-0.39, 0.29) is 11.3 Å². The van der Waals surface area contributed by atoms with E-state index in [2.05, 4.69) is 44.7 Å². The minimum Gasteiger partial charge on any atom is -0.336 e. The number of amides is 1. The van der Waals surface area contributed by atoms with Crippen LogP contribution in [0.25, 0.3) is 0 Å². The van der Waals surface area contributed by atoms with Crippen LogP contribution in [0.3, 0.4) is 0 Å². The molecule has 1 fully saturated rings. The molecule has 0 spiro atoms. The van der Waals surface area contributed by atoms with Gasteiger partial charge in [-0.3, -0.25) is 4.79 Å². The Balaban J connectivity index is 2.16. The van der Waals surface area contributed by atoms with Crippen LogP contribution in [0.5, 0.6) is 0 Å². The van der Waals surface area contributed by atoms with Gasteiger partial charge >= 0.3 is 0 Å². The van der Waals surface area contributed by atoms with Gasteiger partial charge in [0.1, 0.15) is 0 Å². The summed E-state index contributed by atoms with van der Waals surface area (Å²) in [7, 11) is 0. The van der Waals surface area contributed by atoms with Crippen LogP contribution in [0.4, 0.5) is 0 Å². The van der Waals surface area contributed by atoms with Crippen LogP contribution in [0.15, 0.2) is 24.3 Å². The third-order valence-electron chi connectivity index (χ3n) is 4.36. The summed E-state index contributed by atoms with van der Waals surface area (Å²) in [5, 5.41) is 0. The first kappa shape index (κ1) is 15.1. The van der Waals surface area contributed by atoms with Crippen molar-refractivity contribution in [3.05, 3.63) is 35.4 Å². The summed E-state index contributed by atoms with van der Waals surface area (Å²) in [6.45, 7) is 9.68. The maximum Gasteiger partial charge on any atom is 0.254 e. The van der Waals surface area contributed by atoms with E-state index < -0.39 is 0 Å². The Morgan fingerprint density at radius 2 is 1.85 bits per heavy atom. The van der Waals surface area contributed by atoms with Crippen LogP contribution in [0.1, 0.15) is 69.3 Å². The van der Waals surface area contributed by atoms with Gasteiger partial charge in [0.15, 0.2) is 0 Å². The fourth-order valence-electron chi connectivity index (χ4n) is 2.97. The molecule has 2 nitrogen and oxygen atoms in total. The minimum atomic E-state index is 0.138. The second kappa shape index (κ2) is 5.99. The van der Waals surface area contributed by atoms with Crippen LogP contribution in [-0.4, -0.2) is 23.4 Å². The van der Waals surface area contributed by atoms with Crippen molar-refractivity contribution in [1.29, 1.82) is 0 Å². The van der Waals surface area contributed by atoms with Crippen molar-refractivity contribution in [2.45, 2.75) is 64.8 Å². The van der Waals surface area contributed by atoms with Crippen LogP contribution < -0.4 is 0 Å². The van der Waals surface area contributed by atoms with Gasteiger partial charge < -0.3 is 4.90 Å². The summed E-state index contributed by atoms with van der Waals surface area (Å²) in [5.41, 5.74) is 2.25. The van der Waals surface area contributed by atoms with E-state index in [0.717, 1.165) is 31.4 Å². The zero-order valence-corrected chi connectivity index (χ0v) is 13.3. The molecule has 0 unspecified atom stereocenters. The zero-order chi connectivity index (χ0) is 14.8. The summed E-state index contributed by atoms with van der Waals surface area (Å²) >= 11 is 0. The third-order valence-corrected chi connectivity index (χ3v) is 4.36. The lowest BCUT2D eigenvalue weighted by molar-refractivity contribution is 0.0608. The number of nitrogens with zero attached hydrogens (tertiary/aromatic N) is 1. The van der Waals surface area contributed by atoms with Crippen molar-refractivity contribution in [3.8, 4) is 0 Å². The molecule has 1 aliphatic rings. The number of likely N-dealkylation sites (tertiary alicyclic amines) is 1. The predicted octanol–water partition coefficient (Wildman–Crippen LogP) is 4.39. The number of hydrogen-bond donors (Lipinski definition) is 0. The van der Waals surface area contributed by atoms with Gasteiger partial charge in [0.05, 0.1) is 0 Å². The molecule has 1 heterocycles. The number of piperidine rings is 1.